The molecule has 0 aliphatic carbocycles. The van der Waals surface area contributed by atoms with E-state index in [0.717, 1.165) is 38.9 Å². The van der Waals surface area contributed by atoms with Gasteiger partial charge in [-0.25, -0.2) is 10.5 Å². The third-order valence-electron chi connectivity index (χ3n) is 3.68. The molecule has 1 fully saturated rings. The molecular weight excluding hydrogens is 274 g/mol. The summed E-state index contributed by atoms with van der Waals surface area (Å²) in [6, 6.07) is 0. The summed E-state index contributed by atoms with van der Waals surface area (Å²) in [6.07, 6.45) is 4.96. The van der Waals surface area contributed by atoms with Crippen molar-refractivity contribution in [2.75, 3.05) is 26.3 Å². The molecule has 7 heteroatoms. The number of nitrogens with one attached hydrogen (secondary N) is 2. The molecule has 1 unspecified atom stereocenters. The largest absolute Gasteiger partial charge is 0.381 e. The number of carbonyl (C=O) groups excluding carboxylic acids is 2. The van der Waals surface area contributed by atoms with Gasteiger partial charge < -0.3 is 4.74 Å². The molecule has 0 bridgehead atoms. The van der Waals surface area contributed by atoms with Crippen LogP contribution in [0.4, 0.5) is 0 Å². The number of hydrogen-bond acceptors (Lipinski definition) is 5. The summed E-state index contributed by atoms with van der Waals surface area (Å²) in [7, 11) is 0. The van der Waals surface area contributed by atoms with E-state index in [2.05, 4.69) is 17.8 Å². The highest BCUT2D eigenvalue weighted by Gasteiger charge is 2.21. The van der Waals surface area contributed by atoms with Crippen LogP contribution in [0.2, 0.25) is 0 Å². The van der Waals surface area contributed by atoms with E-state index in [9.17, 15) is 14.8 Å². The second-order valence-corrected chi connectivity index (χ2v) is 5.52. The molecule has 1 rings (SSSR count). The SMILES string of the molecule is CCCCC[C@@H](CN(O)C=O)C(=O)NNCC1CCOC1. The summed E-state index contributed by atoms with van der Waals surface area (Å²) in [4.78, 5) is 22.6. The number of nitrogens with zero attached hydrogens (tertiary/aromatic N) is 1. The topological polar surface area (TPSA) is 90.9 Å². The third kappa shape index (κ3) is 7.40. The molecule has 122 valence electrons. The molecule has 1 aliphatic heterocycles. The van der Waals surface area contributed by atoms with E-state index in [1.165, 1.54) is 0 Å². The fourth-order valence-corrected chi connectivity index (χ4v) is 2.34. The van der Waals surface area contributed by atoms with Gasteiger partial charge in [0.25, 0.3) is 0 Å². The van der Waals surface area contributed by atoms with E-state index in [1.54, 1.807) is 0 Å². The van der Waals surface area contributed by atoms with Crippen LogP contribution >= 0.6 is 0 Å². The molecular formula is C14H27N3O4. The van der Waals surface area contributed by atoms with E-state index in [-0.39, 0.29) is 12.5 Å². The van der Waals surface area contributed by atoms with E-state index in [1.807, 2.05) is 0 Å². The Bertz CT molecular complexity index is 309. The molecule has 1 heterocycles. The number of hydroxylamine groups is 2. The lowest BCUT2D eigenvalue weighted by Crippen LogP contribution is -2.46. The van der Waals surface area contributed by atoms with Crippen molar-refractivity contribution in [3.63, 3.8) is 0 Å². The second-order valence-electron chi connectivity index (χ2n) is 5.52. The monoisotopic (exact) mass is 301 g/mol. The van der Waals surface area contributed by atoms with Gasteiger partial charge in [-0.2, -0.15) is 0 Å². The van der Waals surface area contributed by atoms with Gasteiger partial charge in [0, 0.05) is 13.2 Å². The smallest absolute Gasteiger partial charge is 0.239 e. The average molecular weight is 301 g/mol. The van der Waals surface area contributed by atoms with Crippen molar-refractivity contribution in [3.05, 3.63) is 0 Å². The highest BCUT2D eigenvalue weighted by Crippen LogP contribution is 2.12. The average Bonchev–Trinajstić information content (AvgIpc) is 2.99. The van der Waals surface area contributed by atoms with Crippen molar-refractivity contribution < 1.29 is 19.5 Å². The van der Waals surface area contributed by atoms with E-state index >= 15 is 0 Å². The summed E-state index contributed by atoms with van der Waals surface area (Å²) in [6.45, 7) is 4.28. The van der Waals surface area contributed by atoms with E-state index < -0.39 is 5.92 Å². The first-order valence-corrected chi connectivity index (χ1v) is 7.68. The highest BCUT2D eigenvalue weighted by atomic mass is 16.5. The molecule has 2 amide bonds. The Morgan fingerprint density at radius 2 is 2.33 bits per heavy atom. The Kier molecular flexibility index (Phi) is 8.96. The molecule has 3 N–H and O–H groups in total. The van der Waals surface area contributed by atoms with Gasteiger partial charge in [-0.05, 0) is 18.8 Å². The number of hydrazine groups is 1. The molecule has 7 nitrogen and oxygen atoms in total. The zero-order valence-corrected chi connectivity index (χ0v) is 12.7. The van der Waals surface area contributed by atoms with Crippen molar-refractivity contribution in [1.29, 1.82) is 0 Å². The minimum atomic E-state index is -0.404. The quantitative estimate of drug-likeness (QED) is 0.226. The van der Waals surface area contributed by atoms with Crippen LogP contribution in [0.25, 0.3) is 0 Å². The summed E-state index contributed by atoms with van der Waals surface area (Å²) in [5.41, 5.74) is 5.59. The molecule has 0 saturated carbocycles. The number of hydrogen-bond donors (Lipinski definition) is 3. The number of carbonyl (C=O) groups is 2. The molecule has 0 aromatic carbocycles. The number of ether oxygens (including phenoxy) is 1. The first-order chi connectivity index (χ1) is 10.2. The minimum Gasteiger partial charge on any atom is -0.381 e. The molecule has 2 atom stereocenters. The minimum absolute atomic E-state index is 0.0211. The third-order valence-corrected chi connectivity index (χ3v) is 3.68. The van der Waals surface area contributed by atoms with Crippen molar-refractivity contribution in [2.45, 2.75) is 39.0 Å². The molecule has 0 radical (unpaired) electrons. The summed E-state index contributed by atoms with van der Waals surface area (Å²) < 4.78 is 5.26. The first-order valence-electron chi connectivity index (χ1n) is 7.68. The fraction of sp³-hybridized carbons (Fsp3) is 0.857. The molecule has 0 aromatic rings. The van der Waals surface area contributed by atoms with Crippen LogP contribution in [0.1, 0.15) is 39.0 Å². The first kappa shape index (κ1) is 17.9. The second kappa shape index (κ2) is 10.5. The maximum absolute atomic E-state index is 12.1. The van der Waals surface area contributed by atoms with Crippen LogP contribution in [-0.4, -0.2) is 48.9 Å². The maximum Gasteiger partial charge on any atom is 0.239 e. The molecule has 0 aromatic heterocycles. The zero-order valence-electron chi connectivity index (χ0n) is 12.7. The van der Waals surface area contributed by atoms with Gasteiger partial charge in [0.1, 0.15) is 0 Å². The standard InChI is InChI=1S/C14H27N3O4/c1-2-3-4-5-13(9-17(20)11-18)14(19)16-15-8-12-6-7-21-10-12/h11-13,15,20H,2-10H2,1H3,(H,16,19)/t12?,13-/m0/s1. The van der Waals surface area contributed by atoms with Gasteiger partial charge in [-0.1, -0.05) is 26.2 Å². The Balaban J connectivity index is 2.31. The fourth-order valence-electron chi connectivity index (χ4n) is 2.34. The van der Waals surface area contributed by atoms with Crippen LogP contribution in [0, 0.1) is 11.8 Å². The van der Waals surface area contributed by atoms with Gasteiger partial charge in [-0.3, -0.25) is 20.2 Å². The lowest BCUT2D eigenvalue weighted by Gasteiger charge is -2.20. The van der Waals surface area contributed by atoms with E-state index in [0.29, 0.717) is 30.4 Å². The molecule has 0 spiro atoms. The van der Waals surface area contributed by atoms with Crippen LogP contribution in [0.3, 0.4) is 0 Å². The van der Waals surface area contributed by atoms with Crippen molar-refractivity contribution in [1.82, 2.24) is 15.9 Å². The van der Waals surface area contributed by atoms with Gasteiger partial charge in [0.15, 0.2) is 0 Å². The van der Waals surface area contributed by atoms with Crippen LogP contribution in [-0.2, 0) is 14.3 Å². The maximum atomic E-state index is 12.1. The van der Waals surface area contributed by atoms with Crippen molar-refractivity contribution in [2.24, 2.45) is 11.8 Å². The summed E-state index contributed by atoms with van der Waals surface area (Å²) in [5, 5.41) is 9.81. The zero-order chi connectivity index (χ0) is 15.5. The van der Waals surface area contributed by atoms with Gasteiger partial charge in [-0.15, -0.1) is 0 Å². The Labute approximate surface area is 125 Å². The molecule has 1 saturated heterocycles. The lowest BCUT2D eigenvalue weighted by atomic mass is 10.0. The van der Waals surface area contributed by atoms with Gasteiger partial charge in [0.2, 0.25) is 12.3 Å². The Hall–Kier alpha value is -1.18. The van der Waals surface area contributed by atoms with Crippen molar-refractivity contribution in [3.8, 4) is 0 Å². The highest BCUT2D eigenvalue weighted by molar-refractivity contribution is 5.78. The Morgan fingerprint density at radius 1 is 1.52 bits per heavy atom. The van der Waals surface area contributed by atoms with Crippen LogP contribution in [0.15, 0.2) is 0 Å². The normalized spacial score (nSPS) is 19.2. The predicted molar refractivity (Wildman–Crippen MR) is 77.3 cm³/mol. The number of amides is 2. The van der Waals surface area contributed by atoms with Gasteiger partial charge in [0.05, 0.1) is 19.1 Å². The number of unbranched alkanes of at least 4 members (excludes halogenated alkanes) is 2. The Morgan fingerprint density at radius 3 is 2.95 bits per heavy atom. The molecule has 21 heavy (non-hydrogen) atoms. The van der Waals surface area contributed by atoms with E-state index in [4.69, 9.17) is 4.74 Å². The predicted octanol–water partition coefficient (Wildman–Crippen LogP) is 0.688. The van der Waals surface area contributed by atoms with Crippen molar-refractivity contribution >= 4 is 12.3 Å². The van der Waals surface area contributed by atoms with Crippen LogP contribution < -0.4 is 10.9 Å². The lowest BCUT2D eigenvalue weighted by molar-refractivity contribution is -0.154. The van der Waals surface area contributed by atoms with Gasteiger partial charge >= 0.3 is 0 Å². The number of rotatable bonds is 11. The van der Waals surface area contributed by atoms with Crippen LogP contribution in [0.5, 0.6) is 0 Å². The summed E-state index contributed by atoms with van der Waals surface area (Å²) in [5.74, 6) is -0.168. The summed E-state index contributed by atoms with van der Waals surface area (Å²) >= 11 is 0. The molecule has 1 aliphatic rings.